The van der Waals surface area contributed by atoms with E-state index in [0.29, 0.717) is 5.56 Å². The van der Waals surface area contributed by atoms with Crippen LogP contribution < -0.4 is 11.1 Å². The fraction of sp³-hybridized carbons (Fsp3) is 0.0714. The molecule has 0 aliphatic carbocycles. The summed E-state index contributed by atoms with van der Waals surface area (Å²) in [5.41, 5.74) is 5.72. The van der Waals surface area contributed by atoms with Crippen molar-refractivity contribution in [2.75, 3.05) is 5.32 Å². The average Bonchev–Trinajstić information content (AvgIpc) is 2.46. The Bertz CT molecular complexity index is 686. The molecule has 2 aromatic carbocycles. The second-order valence-corrected chi connectivity index (χ2v) is 4.31. The van der Waals surface area contributed by atoms with E-state index in [1.807, 2.05) is 0 Å². The molecule has 0 spiro atoms. The number of benzene rings is 2. The standard InChI is InChI=1S/C14H12FN3O3/c15-11-2-1-3-12(18(20)21)13(11)17-8-9-4-6-10(7-5-9)14(16)19/h1-7,17H,8H2,(H2,16,19). The fourth-order valence-electron chi connectivity index (χ4n) is 1.82. The number of carbonyl (C=O) groups excluding carboxylic acids is 1. The zero-order valence-corrected chi connectivity index (χ0v) is 10.9. The predicted octanol–water partition coefficient (Wildman–Crippen LogP) is 2.44. The molecule has 21 heavy (non-hydrogen) atoms. The van der Waals surface area contributed by atoms with Crippen LogP contribution >= 0.6 is 0 Å². The van der Waals surface area contributed by atoms with Gasteiger partial charge < -0.3 is 11.1 Å². The maximum Gasteiger partial charge on any atom is 0.295 e. The van der Waals surface area contributed by atoms with Crippen LogP contribution in [0.3, 0.4) is 0 Å². The molecule has 0 fully saturated rings. The van der Waals surface area contributed by atoms with Crippen molar-refractivity contribution >= 4 is 17.3 Å². The van der Waals surface area contributed by atoms with Crippen LogP contribution in [0.25, 0.3) is 0 Å². The van der Waals surface area contributed by atoms with Crippen molar-refractivity contribution in [3.63, 3.8) is 0 Å². The van der Waals surface area contributed by atoms with Gasteiger partial charge in [-0.3, -0.25) is 14.9 Å². The van der Waals surface area contributed by atoms with Crippen molar-refractivity contribution in [3.05, 3.63) is 69.5 Å². The third-order valence-electron chi connectivity index (χ3n) is 2.90. The number of nitrogens with zero attached hydrogens (tertiary/aromatic N) is 1. The molecule has 7 heteroatoms. The predicted molar refractivity (Wildman–Crippen MR) is 75.3 cm³/mol. The number of halogens is 1. The van der Waals surface area contributed by atoms with Crippen molar-refractivity contribution in [2.24, 2.45) is 5.73 Å². The van der Waals surface area contributed by atoms with Crippen LogP contribution in [0, 0.1) is 15.9 Å². The van der Waals surface area contributed by atoms with Crippen molar-refractivity contribution in [1.29, 1.82) is 0 Å². The van der Waals surface area contributed by atoms with Gasteiger partial charge in [0, 0.05) is 18.2 Å². The second kappa shape index (κ2) is 6.00. The first kappa shape index (κ1) is 14.4. The van der Waals surface area contributed by atoms with Crippen LogP contribution in [0.15, 0.2) is 42.5 Å². The summed E-state index contributed by atoms with van der Waals surface area (Å²) in [5.74, 6) is -1.24. The number of carbonyl (C=O) groups is 1. The summed E-state index contributed by atoms with van der Waals surface area (Å²) >= 11 is 0. The van der Waals surface area contributed by atoms with Gasteiger partial charge in [-0.25, -0.2) is 4.39 Å². The van der Waals surface area contributed by atoms with Gasteiger partial charge in [-0.2, -0.15) is 0 Å². The number of hydrogen-bond acceptors (Lipinski definition) is 4. The molecule has 0 unspecified atom stereocenters. The first-order valence-electron chi connectivity index (χ1n) is 6.04. The third kappa shape index (κ3) is 3.33. The number of nitro benzene ring substituents is 1. The summed E-state index contributed by atoms with van der Waals surface area (Å²) in [6.07, 6.45) is 0. The Balaban J connectivity index is 2.16. The molecule has 0 atom stereocenters. The van der Waals surface area contributed by atoms with E-state index in [1.54, 1.807) is 12.1 Å². The van der Waals surface area contributed by atoms with Gasteiger partial charge in [0.05, 0.1) is 4.92 Å². The number of nitrogens with one attached hydrogen (secondary N) is 1. The number of nitro groups is 1. The van der Waals surface area contributed by atoms with E-state index in [-0.39, 0.29) is 17.9 Å². The lowest BCUT2D eigenvalue weighted by molar-refractivity contribution is -0.384. The van der Waals surface area contributed by atoms with Gasteiger partial charge >= 0.3 is 0 Å². The molecular formula is C14H12FN3O3. The van der Waals surface area contributed by atoms with E-state index in [4.69, 9.17) is 5.73 Å². The zero-order chi connectivity index (χ0) is 15.4. The molecule has 1 amide bonds. The molecule has 0 saturated heterocycles. The largest absolute Gasteiger partial charge is 0.373 e. The van der Waals surface area contributed by atoms with E-state index in [2.05, 4.69) is 5.32 Å². The Kier molecular flexibility index (Phi) is 4.13. The minimum absolute atomic E-state index is 0.165. The summed E-state index contributed by atoms with van der Waals surface area (Å²) in [6.45, 7) is 0.181. The third-order valence-corrected chi connectivity index (χ3v) is 2.90. The maximum absolute atomic E-state index is 13.7. The number of nitrogens with two attached hydrogens (primary N) is 1. The van der Waals surface area contributed by atoms with Crippen LogP contribution in [0.5, 0.6) is 0 Å². The maximum atomic E-state index is 13.7. The fourth-order valence-corrected chi connectivity index (χ4v) is 1.82. The number of para-hydroxylation sites is 1. The zero-order valence-electron chi connectivity index (χ0n) is 10.9. The molecule has 0 saturated carbocycles. The Morgan fingerprint density at radius 3 is 2.48 bits per heavy atom. The van der Waals surface area contributed by atoms with Gasteiger partial charge in [0.1, 0.15) is 5.69 Å². The number of rotatable bonds is 5. The normalized spacial score (nSPS) is 10.1. The van der Waals surface area contributed by atoms with Crippen LogP contribution in [-0.2, 0) is 6.54 Å². The smallest absolute Gasteiger partial charge is 0.295 e. The van der Waals surface area contributed by atoms with Crippen molar-refractivity contribution in [3.8, 4) is 0 Å². The van der Waals surface area contributed by atoms with Crippen LogP contribution in [0.1, 0.15) is 15.9 Å². The molecule has 2 rings (SSSR count). The summed E-state index contributed by atoms with van der Waals surface area (Å²) < 4.78 is 13.7. The average molecular weight is 289 g/mol. The topological polar surface area (TPSA) is 98.3 Å². The lowest BCUT2D eigenvalue weighted by Crippen LogP contribution is -2.11. The minimum Gasteiger partial charge on any atom is -0.373 e. The molecule has 0 bridgehead atoms. The highest BCUT2D eigenvalue weighted by molar-refractivity contribution is 5.92. The summed E-state index contributed by atoms with van der Waals surface area (Å²) in [4.78, 5) is 21.1. The summed E-state index contributed by atoms with van der Waals surface area (Å²) in [5, 5.41) is 13.5. The molecule has 0 aromatic heterocycles. The van der Waals surface area contributed by atoms with Crippen LogP contribution in [0.4, 0.5) is 15.8 Å². The summed E-state index contributed by atoms with van der Waals surface area (Å²) in [6, 6.07) is 10.00. The quantitative estimate of drug-likeness (QED) is 0.652. The Morgan fingerprint density at radius 2 is 1.90 bits per heavy atom. The van der Waals surface area contributed by atoms with E-state index in [9.17, 15) is 19.3 Å². The molecule has 0 aliphatic rings. The first-order valence-corrected chi connectivity index (χ1v) is 6.04. The highest BCUT2D eigenvalue weighted by Crippen LogP contribution is 2.27. The first-order chi connectivity index (χ1) is 9.99. The van der Waals surface area contributed by atoms with E-state index in [0.717, 1.165) is 11.6 Å². The molecule has 0 radical (unpaired) electrons. The van der Waals surface area contributed by atoms with Crippen LogP contribution in [-0.4, -0.2) is 10.8 Å². The second-order valence-electron chi connectivity index (χ2n) is 4.31. The molecular weight excluding hydrogens is 277 g/mol. The Hall–Kier alpha value is -2.96. The minimum atomic E-state index is -0.696. The van der Waals surface area contributed by atoms with Crippen LogP contribution in [0.2, 0.25) is 0 Å². The molecule has 0 heterocycles. The monoisotopic (exact) mass is 289 g/mol. The lowest BCUT2D eigenvalue weighted by Gasteiger charge is -2.08. The Morgan fingerprint density at radius 1 is 1.24 bits per heavy atom. The van der Waals surface area contributed by atoms with Gasteiger partial charge in [0.15, 0.2) is 5.82 Å². The SMILES string of the molecule is NC(=O)c1ccc(CNc2c(F)cccc2[N+](=O)[O-])cc1. The molecule has 6 nitrogen and oxygen atoms in total. The molecule has 108 valence electrons. The molecule has 0 aliphatic heterocycles. The number of amides is 1. The number of anilines is 1. The van der Waals surface area contributed by atoms with Gasteiger partial charge in [0.25, 0.3) is 5.69 Å². The van der Waals surface area contributed by atoms with Gasteiger partial charge in [-0.1, -0.05) is 18.2 Å². The van der Waals surface area contributed by atoms with Gasteiger partial charge in [-0.15, -0.1) is 0 Å². The number of primary amides is 1. The molecule has 2 aromatic rings. The van der Waals surface area contributed by atoms with E-state index >= 15 is 0 Å². The van der Waals surface area contributed by atoms with Gasteiger partial charge in [0.2, 0.25) is 5.91 Å². The van der Waals surface area contributed by atoms with E-state index < -0.39 is 16.6 Å². The van der Waals surface area contributed by atoms with Crippen molar-refractivity contribution in [2.45, 2.75) is 6.54 Å². The van der Waals surface area contributed by atoms with E-state index in [1.165, 1.54) is 24.3 Å². The Labute approximate surface area is 119 Å². The van der Waals surface area contributed by atoms with Gasteiger partial charge in [-0.05, 0) is 23.8 Å². The van der Waals surface area contributed by atoms with Crippen molar-refractivity contribution < 1.29 is 14.1 Å². The molecule has 3 N–H and O–H groups in total. The van der Waals surface area contributed by atoms with Crippen molar-refractivity contribution in [1.82, 2.24) is 0 Å². The lowest BCUT2D eigenvalue weighted by atomic mass is 10.1. The summed E-state index contributed by atoms with van der Waals surface area (Å²) in [7, 11) is 0. The highest BCUT2D eigenvalue weighted by Gasteiger charge is 2.17. The highest BCUT2D eigenvalue weighted by atomic mass is 19.1. The number of hydrogen-bond donors (Lipinski definition) is 2.